The molecule has 1 aliphatic heterocycles. The molecule has 32 heavy (non-hydrogen) atoms. The summed E-state index contributed by atoms with van der Waals surface area (Å²) in [6.07, 6.45) is -1.32. The van der Waals surface area contributed by atoms with E-state index in [-0.39, 0.29) is 13.0 Å². The fourth-order valence-corrected chi connectivity index (χ4v) is 3.99. The van der Waals surface area contributed by atoms with Gasteiger partial charge in [0.25, 0.3) is 5.91 Å². The maximum atomic E-state index is 12.6. The van der Waals surface area contributed by atoms with Gasteiger partial charge in [-0.25, -0.2) is 4.79 Å². The van der Waals surface area contributed by atoms with Gasteiger partial charge in [-0.2, -0.15) is 8.78 Å². The molecule has 1 unspecified atom stereocenters. The molecule has 1 aliphatic rings. The molecule has 0 saturated carbocycles. The van der Waals surface area contributed by atoms with Crippen molar-refractivity contribution >= 4 is 39.3 Å². The van der Waals surface area contributed by atoms with Crippen LogP contribution in [-0.2, 0) is 14.3 Å². The van der Waals surface area contributed by atoms with Crippen LogP contribution in [-0.4, -0.2) is 59.6 Å². The molecule has 0 radical (unpaired) electrons. The lowest BCUT2D eigenvalue weighted by molar-refractivity contribution is -0.160. The van der Waals surface area contributed by atoms with E-state index in [4.69, 9.17) is 0 Å². The van der Waals surface area contributed by atoms with Gasteiger partial charge in [0.15, 0.2) is 0 Å². The van der Waals surface area contributed by atoms with E-state index in [0.717, 1.165) is 26.4 Å². The van der Waals surface area contributed by atoms with Crippen molar-refractivity contribution in [3.63, 3.8) is 0 Å². The first-order valence-corrected chi connectivity index (χ1v) is 9.98. The molecular formula is C23H20F2N2O5. The number of carboxylic acid groups (broad SMARTS) is 1. The van der Waals surface area contributed by atoms with Crippen LogP contribution in [0.1, 0.15) is 16.8 Å². The predicted molar refractivity (Wildman–Crippen MR) is 112 cm³/mol. The molecule has 3 aromatic rings. The minimum Gasteiger partial charge on any atom is -0.480 e. The van der Waals surface area contributed by atoms with Crippen molar-refractivity contribution in [2.45, 2.75) is 25.2 Å². The number of halogens is 2. The number of hydrogen-bond donors (Lipinski definition) is 2. The van der Waals surface area contributed by atoms with Gasteiger partial charge in [0, 0.05) is 18.5 Å². The second-order valence-electron chi connectivity index (χ2n) is 7.60. The van der Waals surface area contributed by atoms with Crippen molar-refractivity contribution in [1.29, 1.82) is 0 Å². The smallest absolute Gasteiger partial charge is 0.345 e. The molecule has 2 atom stereocenters. The molecule has 7 nitrogen and oxygen atoms in total. The zero-order valence-corrected chi connectivity index (χ0v) is 16.8. The van der Waals surface area contributed by atoms with Crippen LogP contribution >= 0.6 is 0 Å². The first-order chi connectivity index (χ1) is 15.3. The fourth-order valence-electron chi connectivity index (χ4n) is 3.99. The number of hydrogen-bond acceptors (Lipinski definition) is 4. The molecular weight excluding hydrogens is 422 g/mol. The monoisotopic (exact) mass is 442 g/mol. The summed E-state index contributed by atoms with van der Waals surface area (Å²) in [5.41, 5.74) is 0.343. The van der Waals surface area contributed by atoms with Gasteiger partial charge in [0.05, 0.1) is 12.6 Å². The second-order valence-corrected chi connectivity index (χ2v) is 7.60. The lowest BCUT2D eigenvalue weighted by Gasteiger charge is -2.21. The largest absolute Gasteiger partial charge is 0.480 e. The van der Waals surface area contributed by atoms with Gasteiger partial charge in [0.1, 0.15) is 6.04 Å². The van der Waals surface area contributed by atoms with Crippen LogP contribution in [0.2, 0.25) is 0 Å². The van der Waals surface area contributed by atoms with Gasteiger partial charge in [-0.05, 0) is 45.8 Å². The molecule has 1 saturated heterocycles. The second kappa shape index (κ2) is 8.88. The Morgan fingerprint density at radius 1 is 1.03 bits per heavy atom. The van der Waals surface area contributed by atoms with Crippen LogP contribution < -0.4 is 5.32 Å². The van der Waals surface area contributed by atoms with E-state index < -0.39 is 43.1 Å². The topological polar surface area (TPSA) is 95.9 Å². The summed E-state index contributed by atoms with van der Waals surface area (Å²) in [5.74, 6) is -2.50. The number of carboxylic acids is 1. The lowest BCUT2D eigenvalue weighted by atomic mass is 10.0. The normalized spacial score (nSPS) is 18.4. The number of amides is 2. The molecule has 0 bridgehead atoms. The number of rotatable bonds is 6. The third kappa shape index (κ3) is 4.52. The van der Waals surface area contributed by atoms with Crippen LogP contribution in [0.5, 0.6) is 0 Å². The average Bonchev–Trinajstić information content (AvgIpc) is 3.19. The van der Waals surface area contributed by atoms with Crippen LogP contribution in [0.4, 0.5) is 8.78 Å². The number of nitrogens with zero attached hydrogens (tertiary/aromatic N) is 1. The first kappa shape index (κ1) is 21.6. The van der Waals surface area contributed by atoms with E-state index in [1.807, 2.05) is 42.5 Å². The molecule has 166 valence electrons. The molecule has 0 aromatic heterocycles. The highest BCUT2D eigenvalue weighted by atomic mass is 19.3. The standard InChI is InChI=1S/C23H20F2N2O5/c24-23(25)32-18-10-19(22(30)31)27(12-18)20(28)11-26-21(29)16-6-5-15-7-13-3-1-2-4-14(13)8-17(15)9-16/h1-9,18-19,23H,10-12H2,(H,26,29)(H,30,31)/t18-,19?/m1/s1. The third-order valence-corrected chi connectivity index (χ3v) is 5.53. The number of ether oxygens (including phenoxy) is 1. The van der Waals surface area contributed by atoms with Crippen LogP contribution in [0.3, 0.4) is 0 Å². The van der Waals surface area contributed by atoms with Crippen molar-refractivity contribution in [3.8, 4) is 0 Å². The summed E-state index contributed by atoms with van der Waals surface area (Å²) in [5, 5.41) is 15.7. The van der Waals surface area contributed by atoms with E-state index in [1.165, 1.54) is 0 Å². The lowest BCUT2D eigenvalue weighted by Crippen LogP contribution is -2.45. The molecule has 2 amide bonds. The quantitative estimate of drug-likeness (QED) is 0.573. The predicted octanol–water partition coefficient (Wildman–Crippen LogP) is 3.02. The highest BCUT2D eigenvalue weighted by Gasteiger charge is 2.41. The fraction of sp³-hybridized carbons (Fsp3) is 0.261. The zero-order chi connectivity index (χ0) is 22.8. The maximum absolute atomic E-state index is 12.6. The molecule has 2 N–H and O–H groups in total. The maximum Gasteiger partial charge on any atom is 0.345 e. The van der Waals surface area contributed by atoms with Crippen molar-refractivity contribution in [2.24, 2.45) is 0 Å². The van der Waals surface area contributed by atoms with E-state index in [0.29, 0.717) is 5.56 Å². The summed E-state index contributed by atoms with van der Waals surface area (Å²) >= 11 is 0. The highest BCUT2D eigenvalue weighted by molar-refractivity contribution is 6.03. The molecule has 9 heteroatoms. The molecule has 1 fully saturated rings. The number of carbonyl (C=O) groups is 3. The van der Waals surface area contributed by atoms with Crippen molar-refractivity contribution < 1.29 is 33.0 Å². The average molecular weight is 442 g/mol. The van der Waals surface area contributed by atoms with E-state index in [2.05, 4.69) is 10.1 Å². The number of alkyl halides is 2. The Morgan fingerprint density at radius 3 is 2.34 bits per heavy atom. The Bertz CT molecular complexity index is 1200. The van der Waals surface area contributed by atoms with E-state index in [1.54, 1.807) is 12.1 Å². The minimum absolute atomic E-state index is 0.238. The Kier molecular flexibility index (Phi) is 6.00. The number of fused-ring (bicyclic) bond motifs is 2. The van der Waals surface area contributed by atoms with Gasteiger partial charge < -0.3 is 20.1 Å². The minimum atomic E-state index is -3.06. The number of aliphatic carboxylic acids is 1. The summed E-state index contributed by atoms with van der Waals surface area (Å²) in [7, 11) is 0. The van der Waals surface area contributed by atoms with Crippen LogP contribution in [0.25, 0.3) is 21.5 Å². The van der Waals surface area contributed by atoms with E-state index >= 15 is 0 Å². The molecule has 0 aliphatic carbocycles. The molecule has 0 spiro atoms. The summed E-state index contributed by atoms with van der Waals surface area (Å²) in [6, 6.07) is 15.7. The summed E-state index contributed by atoms with van der Waals surface area (Å²) in [4.78, 5) is 37.4. The van der Waals surface area contributed by atoms with Gasteiger partial charge in [-0.1, -0.05) is 30.3 Å². The molecule has 1 heterocycles. The molecule has 3 aromatic carbocycles. The zero-order valence-electron chi connectivity index (χ0n) is 16.8. The van der Waals surface area contributed by atoms with Gasteiger partial charge in [-0.3, -0.25) is 9.59 Å². The van der Waals surface area contributed by atoms with Crippen molar-refractivity contribution in [3.05, 3.63) is 60.2 Å². The molecule has 4 rings (SSSR count). The Morgan fingerprint density at radius 2 is 1.69 bits per heavy atom. The van der Waals surface area contributed by atoms with Gasteiger partial charge >= 0.3 is 12.6 Å². The SMILES string of the molecule is O=C(NCC(=O)N1C[C@H](OC(F)F)CC1C(=O)O)c1ccc2cc3ccccc3cc2c1. The van der Waals surface area contributed by atoms with E-state index in [9.17, 15) is 28.3 Å². The van der Waals surface area contributed by atoms with Crippen LogP contribution in [0, 0.1) is 0 Å². The van der Waals surface area contributed by atoms with Crippen LogP contribution in [0.15, 0.2) is 54.6 Å². The Hall–Kier alpha value is -3.59. The Labute approximate surface area is 181 Å². The first-order valence-electron chi connectivity index (χ1n) is 9.98. The number of carbonyl (C=O) groups excluding carboxylic acids is 2. The van der Waals surface area contributed by atoms with Crippen molar-refractivity contribution in [2.75, 3.05) is 13.1 Å². The highest BCUT2D eigenvalue weighted by Crippen LogP contribution is 2.24. The van der Waals surface area contributed by atoms with Crippen molar-refractivity contribution in [1.82, 2.24) is 10.2 Å². The summed E-state index contributed by atoms with van der Waals surface area (Å²) in [6.45, 7) is -3.80. The number of benzene rings is 3. The van der Waals surface area contributed by atoms with Gasteiger partial charge in [0.2, 0.25) is 5.91 Å². The third-order valence-electron chi connectivity index (χ3n) is 5.53. The Balaban J connectivity index is 1.44. The van der Waals surface area contributed by atoms with Gasteiger partial charge in [-0.15, -0.1) is 0 Å². The number of likely N-dealkylation sites (tertiary alicyclic amines) is 1. The summed E-state index contributed by atoms with van der Waals surface area (Å²) < 4.78 is 29.3. The number of nitrogens with one attached hydrogen (secondary N) is 1.